The minimum atomic E-state index is -0.0456. The van der Waals surface area contributed by atoms with Gasteiger partial charge in [0.1, 0.15) is 16.9 Å². The highest BCUT2D eigenvalue weighted by Gasteiger charge is 2.25. The van der Waals surface area contributed by atoms with Gasteiger partial charge in [-0.1, -0.05) is 0 Å². The van der Waals surface area contributed by atoms with E-state index in [9.17, 15) is 4.79 Å². The molecule has 0 radical (unpaired) electrons. The Morgan fingerprint density at radius 2 is 1.93 bits per heavy atom. The van der Waals surface area contributed by atoms with Crippen LogP contribution in [-0.4, -0.2) is 36.9 Å². The van der Waals surface area contributed by atoms with Crippen molar-refractivity contribution >= 4 is 16.9 Å². The summed E-state index contributed by atoms with van der Waals surface area (Å²) in [5.41, 5.74) is 3.27. The third kappa shape index (κ3) is 2.95. The van der Waals surface area contributed by atoms with Gasteiger partial charge in [0.05, 0.1) is 0 Å². The standard InChI is InChI=1S/C20H20N6O/c27-20(14-3-8-17-18(12-14)24-25-23-17)22-15-4-6-16(7-5-15)26-11-1-2-13-9-10-21-19(13)26/h1-3,8-12,15-16H,4-7H2,(H,22,27)(H,23,24,25). The Kier molecular flexibility index (Phi) is 3.85. The first kappa shape index (κ1) is 16.0. The van der Waals surface area contributed by atoms with Gasteiger partial charge >= 0.3 is 0 Å². The number of pyridine rings is 1. The molecule has 7 heteroatoms. The Bertz CT molecular complexity index is 1060. The number of aromatic amines is 1. The van der Waals surface area contributed by atoms with Gasteiger partial charge in [0.25, 0.3) is 5.91 Å². The summed E-state index contributed by atoms with van der Waals surface area (Å²) in [4.78, 5) is 17.1. The second-order valence-electron chi connectivity index (χ2n) is 7.15. The molecule has 1 aromatic heterocycles. The molecule has 0 atom stereocenters. The number of nitrogens with zero attached hydrogens (tertiary/aromatic N) is 4. The summed E-state index contributed by atoms with van der Waals surface area (Å²) < 4.78 is 2.28. The van der Waals surface area contributed by atoms with E-state index < -0.39 is 0 Å². The van der Waals surface area contributed by atoms with Gasteiger partial charge < -0.3 is 9.88 Å². The fraction of sp³-hybridized carbons (Fsp3) is 0.300. The number of carbonyl (C=O) groups excluding carboxylic acids is 1. The van der Waals surface area contributed by atoms with Gasteiger partial charge in [0.2, 0.25) is 0 Å². The molecule has 2 aliphatic heterocycles. The molecule has 1 aliphatic carbocycles. The number of rotatable bonds is 3. The molecule has 1 saturated carbocycles. The molecule has 3 aliphatic rings. The molecule has 1 fully saturated rings. The first-order valence-electron chi connectivity index (χ1n) is 9.31. The van der Waals surface area contributed by atoms with Crippen LogP contribution < -0.4 is 5.32 Å². The maximum absolute atomic E-state index is 12.6. The van der Waals surface area contributed by atoms with E-state index in [-0.39, 0.29) is 11.9 Å². The van der Waals surface area contributed by atoms with Crippen LogP contribution in [0.15, 0.2) is 48.8 Å². The Morgan fingerprint density at radius 3 is 2.81 bits per heavy atom. The van der Waals surface area contributed by atoms with E-state index in [4.69, 9.17) is 0 Å². The van der Waals surface area contributed by atoms with Crippen LogP contribution in [0.4, 0.5) is 0 Å². The van der Waals surface area contributed by atoms with Crippen molar-refractivity contribution in [2.45, 2.75) is 37.8 Å². The molecule has 27 heavy (non-hydrogen) atoms. The molecular formula is C20H20N6O. The van der Waals surface area contributed by atoms with E-state index in [1.165, 1.54) is 5.56 Å². The van der Waals surface area contributed by atoms with E-state index in [0.29, 0.717) is 17.1 Å². The highest BCUT2D eigenvalue weighted by molar-refractivity contribution is 5.97. The molecule has 0 saturated heterocycles. The quantitative estimate of drug-likeness (QED) is 0.587. The van der Waals surface area contributed by atoms with Crippen molar-refractivity contribution < 1.29 is 4.79 Å². The van der Waals surface area contributed by atoms with Crippen LogP contribution in [0, 0.1) is 0 Å². The van der Waals surface area contributed by atoms with E-state index in [2.05, 4.69) is 48.6 Å². The molecule has 0 bridgehead atoms. The summed E-state index contributed by atoms with van der Waals surface area (Å²) >= 11 is 0. The van der Waals surface area contributed by atoms with Crippen molar-refractivity contribution in [2.75, 3.05) is 0 Å². The second-order valence-corrected chi connectivity index (χ2v) is 7.15. The number of H-pyrrole nitrogens is 1. The van der Waals surface area contributed by atoms with Crippen molar-refractivity contribution in [2.24, 2.45) is 0 Å². The molecule has 1 aromatic carbocycles. The van der Waals surface area contributed by atoms with E-state index in [1.54, 1.807) is 12.1 Å². The lowest BCUT2D eigenvalue weighted by atomic mass is 9.90. The summed E-state index contributed by atoms with van der Waals surface area (Å²) in [5.74, 6) is 1.00. The lowest BCUT2D eigenvalue weighted by Crippen LogP contribution is -2.38. The number of amides is 1. The molecule has 1 amide bonds. The minimum Gasteiger partial charge on any atom is -0.349 e. The maximum atomic E-state index is 12.6. The van der Waals surface area contributed by atoms with Crippen molar-refractivity contribution in [3.8, 4) is 11.4 Å². The number of fused-ring (bicyclic) bond motifs is 2. The van der Waals surface area contributed by atoms with Crippen molar-refractivity contribution in [3.05, 3.63) is 54.4 Å². The molecule has 3 heterocycles. The summed E-state index contributed by atoms with van der Waals surface area (Å²) in [6.45, 7) is 0. The zero-order chi connectivity index (χ0) is 18.2. The highest BCUT2D eigenvalue weighted by atomic mass is 16.1. The topological polar surface area (TPSA) is 88.5 Å². The number of aromatic nitrogens is 5. The van der Waals surface area contributed by atoms with Gasteiger partial charge in [0.15, 0.2) is 0 Å². The molecule has 0 unspecified atom stereocenters. The van der Waals surface area contributed by atoms with Gasteiger partial charge in [-0.2, -0.15) is 15.4 Å². The predicted octanol–water partition coefficient (Wildman–Crippen LogP) is 3.17. The number of hydrogen-bond acceptors (Lipinski definition) is 4. The van der Waals surface area contributed by atoms with Gasteiger partial charge in [0, 0.05) is 35.6 Å². The zero-order valence-electron chi connectivity index (χ0n) is 14.8. The molecule has 136 valence electrons. The highest BCUT2D eigenvalue weighted by Crippen LogP contribution is 2.32. The molecule has 2 N–H and O–H groups in total. The lowest BCUT2D eigenvalue weighted by Gasteiger charge is -2.31. The number of benzene rings is 1. The monoisotopic (exact) mass is 360 g/mol. The number of carbonyl (C=O) groups is 1. The summed E-state index contributed by atoms with van der Waals surface area (Å²) in [7, 11) is 0. The van der Waals surface area contributed by atoms with Gasteiger partial charge in [-0.15, -0.1) is 0 Å². The SMILES string of the molecule is O=C(NC1CCC(n2cccc3ccnc2-3)CC1)c1ccc2n[nH]nc2c1. The lowest BCUT2D eigenvalue weighted by molar-refractivity contribution is 0.0922. The summed E-state index contributed by atoms with van der Waals surface area (Å²) in [6.07, 6.45) is 7.97. The second kappa shape index (κ2) is 6.50. The molecule has 0 spiro atoms. The van der Waals surface area contributed by atoms with E-state index in [1.807, 2.05) is 18.3 Å². The van der Waals surface area contributed by atoms with Crippen LogP contribution in [0.2, 0.25) is 0 Å². The average Bonchev–Trinajstić information content (AvgIpc) is 3.37. The molecule has 5 rings (SSSR count). The average molecular weight is 360 g/mol. The Labute approximate surface area is 156 Å². The molecule has 7 nitrogen and oxygen atoms in total. The van der Waals surface area contributed by atoms with Gasteiger partial charge in [-0.25, -0.2) is 4.98 Å². The van der Waals surface area contributed by atoms with Crippen molar-refractivity contribution in [1.29, 1.82) is 0 Å². The third-order valence-corrected chi connectivity index (χ3v) is 5.48. The third-order valence-electron chi connectivity index (χ3n) is 5.48. The zero-order valence-corrected chi connectivity index (χ0v) is 14.8. The maximum Gasteiger partial charge on any atom is 0.251 e. The van der Waals surface area contributed by atoms with Crippen LogP contribution in [0.3, 0.4) is 0 Å². The minimum absolute atomic E-state index is 0.0456. The molecule has 2 aromatic rings. The number of hydrogen-bond donors (Lipinski definition) is 2. The Hall–Kier alpha value is -3.22. The summed E-state index contributed by atoms with van der Waals surface area (Å²) in [5, 5.41) is 13.8. The van der Waals surface area contributed by atoms with Crippen LogP contribution in [-0.2, 0) is 0 Å². The fourth-order valence-corrected chi connectivity index (χ4v) is 4.04. The van der Waals surface area contributed by atoms with Crippen LogP contribution in [0.5, 0.6) is 0 Å². The Morgan fingerprint density at radius 1 is 1.07 bits per heavy atom. The van der Waals surface area contributed by atoms with Crippen LogP contribution in [0.25, 0.3) is 22.4 Å². The predicted molar refractivity (Wildman–Crippen MR) is 101 cm³/mol. The van der Waals surface area contributed by atoms with E-state index in [0.717, 1.165) is 37.0 Å². The van der Waals surface area contributed by atoms with Crippen LogP contribution in [0.1, 0.15) is 42.1 Å². The molecular weight excluding hydrogens is 340 g/mol. The van der Waals surface area contributed by atoms with E-state index >= 15 is 0 Å². The smallest absolute Gasteiger partial charge is 0.251 e. The van der Waals surface area contributed by atoms with Gasteiger partial charge in [-0.05, 0) is 62.1 Å². The first-order valence-corrected chi connectivity index (χ1v) is 9.31. The van der Waals surface area contributed by atoms with Crippen molar-refractivity contribution in [1.82, 2.24) is 30.3 Å². The van der Waals surface area contributed by atoms with Gasteiger partial charge in [-0.3, -0.25) is 4.79 Å². The Balaban J connectivity index is 1.24. The fourth-order valence-electron chi connectivity index (χ4n) is 4.04. The van der Waals surface area contributed by atoms with Crippen molar-refractivity contribution in [3.63, 3.8) is 0 Å². The summed E-state index contributed by atoms with van der Waals surface area (Å²) in [6, 6.07) is 12.2. The first-order chi connectivity index (χ1) is 13.3. The number of nitrogens with one attached hydrogen (secondary N) is 2. The normalized spacial score (nSPS) is 20.1. The van der Waals surface area contributed by atoms with Crippen LogP contribution >= 0.6 is 0 Å². The largest absolute Gasteiger partial charge is 0.349 e.